The van der Waals surface area contributed by atoms with Crippen molar-refractivity contribution in [1.29, 1.82) is 0 Å². The molecule has 0 bridgehead atoms. The largest absolute Gasteiger partial charge is 0.421 e. The molecule has 0 radical (unpaired) electrons. The molecule has 4 rings (SSSR count). The van der Waals surface area contributed by atoms with E-state index in [1.807, 2.05) is 43.3 Å². The Hall–Kier alpha value is -3.28. The van der Waals surface area contributed by atoms with Gasteiger partial charge in [-0.1, -0.05) is 30.3 Å². The minimum atomic E-state index is -0.606. The summed E-state index contributed by atoms with van der Waals surface area (Å²) in [6.07, 6.45) is 1.62. The van der Waals surface area contributed by atoms with Gasteiger partial charge >= 0.3 is 5.97 Å². The van der Waals surface area contributed by atoms with Gasteiger partial charge in [0.1, 0.15) is 5.75 Å². The molecular weight excluding hydrogens is 292 g/mol. The Kier molecular flexibility index (Phi) is 3.01. The number of ether oxygens (including phenoxy) is 1. The first-order chi connectivity index (χ1) is 11.2. The van der Waals surface area contributed by atoms with E-state index < -0.39 is 5.97 Å². The van der Waals surface area contributed by atoms with E-state index in [1.54, 1.807) is 18.3 Å². The van der Waals surface area contributed by atoms with E-state index in [9.17, 15) is 4.79 Å². The Morgan fingerprint density at radius 3 is 2.74 bits per heavy atom. The molecule has 0 saturated heterocycles. The van der Waals surface area contributed by atoms with Crippen LogP contribution in [0, 0.1) is 6.92 Å². The fourth-order valence-electron chi connectivity index (χ4n) is 2.38. The van der Waals surface area contributed by atoms with Crippen LogP contribution >= 0.6 is 0 Å². The molecule has 2 aromatic heterocycles. The lowest BCUT2D eigenvalue weighted by atomic mass is 10.1. The maximum Gasteiger partial charge on any atom is 0.383 e. The molecule has 0 unspecified atom stereocenters. The highest BCUT2D eigenvalue weighted by Crippen LogP contribution is 2.21. The third-order valence-electron chi connectivity index (χ3n) is 3.54. The van der Waals surface area contributed by atoms with Crippen LogP contribution in [0.15, 0.2) is 54.7 Å². The molecule has 6 heteroatoms. The van der Waals surface area contributed by atoms with Gasteiger partial charge in [-0.2, -0.15) is 4.98 Å². The molecule has 0 fully saturated rings. The van der Waals surface area contributed by atoms with E-state index in [0.29, 0.717) is 11.5 Å². The maximum atomic E-state index is 12.2. The zero-order valence-electron chi connectivity index (χ0n) is 12.3. The van der Waals surface area contributed by atoms with Crippen molar-refractivity contribution in [3.05, 3.63) is 66.2 Å². The Morgan fingerprint density at radius 1 is 1.09 bits per heavy atom. The minimum absolute atomic E-state index is 0.0139. The lowest BCUT2D eigenvalue weighted by Gasteiger charge is -2.03. The van der Waals surface area contributed by atoms with Crippen molar-refractivity contribution in [2.45, 2.75) is 6.92 Å². The summed E-state index contributed by atoms with van der Waals surface area (Å²) in [5.41, 5.74) is 0.840. The van der Waals surface area contributed by atoms with Gasteiger partial charge in [0.05, 0.1) is 0 Å². The molecule has 6 nitrogen and oxygen atoms in total. The first-order valence-electron chi connectivity index (χ1n) is 7.10. The highest BCUT2D eigenvalue weighted by atomic mass is 16.5. The molecule has 0 atom stereocenters. The molecule has 0 spiro atoms. The average molecular weight is 304 g/mol. The van der Waals surface area contributed by atoms with Gasteiger partial charge in [0.2, 0.25) is 0 Å². The molecule has 0 N–H and O–H groups in total. The number of fused-ring (bicyclic) bond motifs is 2. The molecule has 23 heavy (non-hydrogen) atoms. The second-order valence-corrected chi connectivity index (χ2v) is 5.13. The molecule has 112 valence electrons. The number of aryl methyl sites for hydroxylation is 1. The van der Waals surface area contributed by atoms with Crippen molar-refractivity contribution in [3.63, 3.8) is 0 Å². The zero-order valence-corrected chi connectivity index (χ0v) is 12.3. The normalized spacial score (nSPS) is 11.0. The van der Waals surface area contributed by atoms with Crippen LogP contribution in [0.5, 0.6) is 5.75 Å². The highest BCUT2D eigenvalue weighted by Gasteiger charge is 2.16. The fourth-order valence-corrected chi connectivity index (χ4v) is 2.38. The molecular formula is C17H12N4O2. The second kappa shape index (κ2) is 5.17. The lowest BCUT2D eigenvalue weighted by molar-refractivity contribution is 0.0722. The van der Waals surface area contributed by atoms with Gasteiger partial charge < -0.3 is 4.74 Å². The molecule has 0 aliphatic rings. The van der Waals surface area contributed by atoms with Crippen molar-refractivity contribution in [2.75, 3.05) is 0 Å². The maximum absolute atomic E-state index is 12.2. The monoisotopic (exact) mass is 304 g/mol. The van der Waals surface area contributed by atoms with Crippen LogP contribution in [0.2, 0.25) is 0 Å². The summed E-state index contributed by atoms with van der Waals surface area (Å²) in [5.74, 6) is 0.206. The summed E-state index contributed by atoms with van der Waals surface area (Å²) in [5, 5.41) is 6.22. The van der Waals surface area contributed by atoms with Crippen LogP contribution in [0.3, 0.4) is 0 Å². The van der Waals surface area contributed by atoms with Crippen molar-refractivity contribution in [3.8, 4) is 5.75 Å². The van der Waals surface area contributed by atoms with Gasteiger partial charge in [0.25, 0.3) is 11.6 Å². The van der Waals surface area contributed by atoms with Crippen LogP contribution in [0.4, 0.5) is 0 Å². The van der Waals surface area contributed by atoms with Crippen molar-refractivity contribution < 1.29 is 9.53 Å². The predicted molar refractivity (Wildman–Crippen MR) is 84.4 cm³/mol. The average Bonchev–Trinajstić information content (AvgIpc) is 3.01. The Balaban J connectivity index is 1.66. The SMILES string of the molecule is Cc1ccnc2nc(C(=O)Oc3ccc4ccccc4c3)nn12. The Labute approximate surface area is 131 Å². The number of rotatable bonds is 2. The van der Waals surface area contributed by atoms with E-state index in [2.05, 4.69) is 15.1 Å². The smallest absolute Gasteiger partial charge is 0.383 e. The van der Waals surface area contributed by atoms with E-state index in [-0.39, 0.29) is 5.82 Å². The Morgan fingerprint density at radius 2 is 1.91 bits per heavy atom. The third-order valence-corrected chi connectivity index (χ3v) is 3.54. The number of carbonyl (C=O) groups is 1. The van der Waals surface area contributed by atoms with Gasteiger partial charge in [-0.15, -0.1) is 5.10 Å². The summed E-state index contributed by atoms with van der Waals surface area (Å²) in [6.45, 7) is 1.86. The van der Waals surface area contributed by atoms with Crippen LogP contribution in [-0.2, 0) is 0 Å². The van der Waals surface area contributed by atoms with Gasteiger partial charge in [-0.05, 0) is 35.9 Å². The standard InChI is InChI=1S/C17H12N4O2/c1-11-8-9-18-17-19-15(20-21(11)17)16(22)23-14-7-6-12-4-2-3-5-13(12)10-14/h2-10H,1H3. The summed E-state index contributed by atoms with van der Waals surface area (Å²) in [4.78, 5) is 20.4. The van der Waals surface area contributed by atoms with E-state index in [0.717, 1.165) is 16.5 Å². The van der Waals surface area contributed by atoms with Gasteiger partial charge in [0.15, 0.2) is 0 Å². The van der Waals surface area contributed by atoms with Gasteiger partial charge in [-0.25, -0.2) is 14.3 Å². The summed E-state index contributed by atoms with van der Waals surface area (Å²) >= 11 is 0. The highest BCUT2D eigenvalue weighted by molar-refractivity contribution is 5.89. The summed E-state index contributed by atoms with van der Waals surface area (Å²) in [7, 11) is 0. The number of benzene rings is 2. The van der Waals surface area contributed by atoms with E-state index >= 15 is 0 Å². The van der Waals surface area contributed by atoms with Crippen LogP contribution < -0.4 is 4.74 Å². The quantitative estimate of drug-likeness (QED) is 0.421. The van der Waals surface area contributed by atoms with Crippen molar-refractivity contribution in [1.82, 2.24) is 19.6 Å². The number of esters is 1. The third kappa shape index (κ3) is 2.40. The molecule has 4 aromatic rings. The number of nitrogens with zero attached hydrogens (tertiary/aromatic N) is 4. The van der Waals surface area contributed by atoms with Crippen molar-refractivity contribution >= 4 is 22.5 Å². The molecule has 0 saturated carbocycles. The zero-order chi connectivity index (χ0) is 15.8. The first kappa shape index (κ1) is 13.4. The number of aromatic nitrogens is 4. The molecule has 0 amide bonds. The van der Waals surface area contributed by atoms with Gasteiger partial charge in [-0.3, -0.25) is 0 Å². The lowest BCUT2D eigenvalue weighted by Crippen LogP contribution is -2.11. The minimum Gasteiger partial charge on any atom is -0.421 e. The van der Waals surface area contributed by atoms with E-state index in [1.165, 1.54) is 4.52 Å². The molecule has 2 heterocycles. The number of hydrogen-bond donors (Lipinski definition) is 0. The summed E-state index contributed by atoms with van der Waals surface area (Å²) < 4.78 is 6.88. The van der Waals surface area contributed by atoms with Gasteiger partial charge in [0, 0.05) is 11.9 Å². The number of hydrogen-bond acceptors (Lipinski definition) is 5. The molecule has 0 aliphatic heterocycles. The van der Waals surface area contributed by atoms with E-state index in [4.69, 9.17) is 4.74 Å². The van der Waals surface area contributed by atoms with Crippen LogP contribution in [0.25, 0.3) is 16.6 Å². The number of carbonyl (C=O) groups excluding carboxylic acids is 1. The van der Waals surface area contributed by atoms with Crippen LogP contribution in [-0.4, -0.2) is 25.6 Å². The predicted octanol–water partition coefficient (Wildman–Crippen LogP) is 2.81. The van der Waals surface area contributed by atoms with Crippen molar-refractivity contribution in [2.24, 2.45) is 0 Å². The summed E-state index contributed by atoms with van der Waals surface area (Å²) in [6, 6.07) is 15.1. The fraction of sp³-hybridized carbons (Fsp3) is 0.0588. The Bertz CT molecular complexity index is 1040. The first-order valence-corrected chi connectivity index (χ1v) is 7.10. The molecule has 2 aromatic carbocycles. The topological polar surface area (TPSA) is 69.4 Å². The van der Waals surface area contributed by atoms with Crippen LogP contribution in [0.1, 0.15) is 16.3 Å². The molecule has 0 aliphatic carbocycles. The second-order valence-electron chi connectivity index (χ2n) is 5.13.